The number of methoxy groups -OCH3 is 1. The van der Waals surface area contributed by atoms with Crippen LogP contribution < -0.4 is 24.4 Å². The highest BCUT2D eigenvalue weighted by atomic mass is 79.9. The zero-order valence-corrected chi connectivity index (χ0v) is 28.2. The van der Waals surface area contributed by atoms with Gasteiger partial charge in [-0.3, -0.25) is 9.36 Å². The molecule has 234 valence electrons. The van der Waals surface area contributed by atoms with Crippen LogP contribution in [0.2, 0.25) is 0 Å². The summed E-state index contributed by atoms with van der Waals surface area (Å²) >= 11 is 4.86. The van der Waals surface area contributed by atoms with Crippen LogP contribution in [-0.4, -0.2) is 24.3 Å². The molecule has 2 heterocycles. The number of rotatable bonds is 10. The van der Waals surface area contributed by atoms with Crippen molar-refractivity contribution < 1.29 is 19.0 Å². The lowest BCUT2D eigenvalue weighted by Crippen LogP contribution is -2.40. The van der Waals surface area contributed by atoms with Crippen molar-refractivity contribution in [3.05, 3.63) is 137 Å². The number of thiazole rings is 1. The second-order valence-electron chi connectivity index (χ2n) is 10.8. The van der Waals surface area contributed by atoms with Crippen molar-refractivity contribution in [2.75, 3.05) is 13.7 Å². The molecule has 0 spiro atoms. The maximum atomic E-state index is 14.1. The minimum Gasteiger partial charge on any atom is -0.496 e. The first kappa shape index (κ1) is 31.5. The summed E-state index contributed by atoms with van der Waals surface area (Å²) in [6, 6.07) is 26.9. The first-order chi connectivity index (χ1) is 22.4. The lowest BCUT2D eigenvalue weighted by atomic mass is 9.93. The predicted octanol–water partition coefficient (Wildman–Crippen LogP) is 7.08. The van der Waals surface area contributed by atoms with Crippen molar-refractivity contribution in [2.45, 2.75) is 39.3 Å². The number of aromatic nitrogens is 1. The van der Waals surface area contributed by atoms with Crippen LogP contribution in [0.15, 0.2) is 110 Å². The Bertz CT molecular complexity index is 2130. The van der Waals surface area contributed by atoms with Gasteiger partial charge in [0.2, 0.25) is 0 Å². The van der Waals surface area contributed by atoms with Gasteiger partial charge in [-0.25, -0.2) is 9.79 Å². The Kier molecular flexibility index (Phi) is 9.51. The summed E-state index contributed by atoms with van der Waals surface area (Å²) in [7, 11) is 1.58. The average molecular weight is 698 g/mol. The SMILES string of the molecule is CCCC1=C(C(=O)OCC)[C@H](c2cc(Br)ccc2OC)n2c(s/c(=C/c3ccc(OCc4cccc5ccccc45)cc3)c2=O)=N1. The van der Waals surface area contributed by atoms with Crippen molar-refractivity contribution >= 4 is 50.1 Å². The molecule has 0 unspecified atom stereocenters. The van der Waals surface area contributed by atoms with Crippen molar-refractivity contribution in [3.63, 3.8) is 0 Å². The molecule has 1 atom stereocenters. The van der Waals surface area contributed by atoms with Crippen LogP contribution in [0.3, 0.4) is 0 Å². The van der Waals surface area contributed by atoms with E-state index in [2.05, 4.69) is 40.2 Å². The van der Waals surface area contributed by atoms with Gasteiger partial charge in [0.1, 0.15) is 24.1 Å². The Balaban J connectivity index is 1.38. The van der Waals surface area contributed by atoms with Crippen LogP contribution in [0.25, 0.3) is 16.8 Å². The van der Waals surface area contributed by atoms with E-state index < -0.39 is 12.0 Å². The smallest absolute Gasteiger partial charge is 0.338 e. The van der Waals surface area contributed by atoms with E-state index in [1.807, 2.05) is 73.7 Å². The molecule has 0 radical (unpaired) electrons. The molecule has 0 N–H and O–H groups in total. The molecule has 0 aliphatic carbocycles. The highest BCUT2D eigenvalue weighted by Crippen LogP contribution is 2.38. The molecule has 0 bridgehead atoms. The van der Waals surface area contributed by atoms with Gasteiger partial charge in [0.05, 0.1) is 29.5 Å². The number of carbonyl (C=O) groups excluding carboxylic acids is 1. The fraction of sp³-hybridized carbons (Fsp3) is 0.216. The van der Waals surface area contributed by atoms with Gasteiger partial charge in [0, 0.05) is 10.0 Å². The molecule has 1 aliphatic heterocycles. The Morgan fingerprint density at radius 1 is 1.02 bits per heavy atom. The van der Waals surface area contributed by atoms with Crippen LogP contribution in [0.5, 0.6) is 11.5 Å². The minimum atomic E-state index is -0.767. The molecular formula is C37H33BrN2O5S. The van der Waals surface area contributed by atoms with E-state index in [1.165, 1.54) is 22.1 Å². The number of carbonyl (C=O) groups is 1. The third kappa shape index (κ3) is 6.30. The third-order valence-corrected chi connectivity index (χ3v) is 9.31. The second kappa shape index (κ2) is 13.9. The summed E-state index contributed by atoms with van der Waals surface area (Å²) in [5, 5.41) is 2.35. The molecule has 9 heteroatoms. The second-order valence-corrected chi connectivity index (χ2v) is 12.7. The summed E-state index contributed by atoms with van der Waals surface area (Å²) in [6.45, 7) is 4.45. The quantitative estimate of drug-likeness (QED) is 0.146. The summed E-state index contributed by atoms with van der Waals surface area (Å²) in [5.41, 5.74) is 3.36. The molecule has 0 amide bonds. The molecular weight excluding hydrogens is 664 g/mol. The van der Waals surface area contributed by atoms with Gasteiger partial charge in [0.25, 0.3) is 5.56 Å². The number of allylic oxidation sites excluding steroid dienone is 1. The van der Waals surface area contributed by atoms with E-state index in [-0.39, 0.29) is 12.2 Å². The third-order valence-electron chi connectivity index (χ3n) is 7.83. The molecule has 0 saturated heterocycles. The molecule has 1 aromatic heterocycles. The van der Waals surface area contributed by atoms with Crippen LogP contribution in [-0.2, 0) is 16.1 Å². The standard InChI is InChI=1S/C37H33BrN2O5S/c1-4-9-30-33(36(42)44-5-2)34(29-21-26(38)16-19-31(29)43-3)40-35(41)32(46-37(40)39-30)20-23-14-17-27(18-15-23)45-22-25-12-8-11-24-10-6-7-13-28(24)25/h6-8,10-21,34H,4-5,9,22H2,1-3H3/b32-20+/t34-/m0/s1. The van der Waals surface area contributed by atoms with E-state index in [0.29, 0.717) is 44.9 Å². The van der Waals surface area contributed by atoms with Crippen molar-refractivity contribution in [2.24, 2.45) is 4.99 Å². The van der Waals surface area contributed by atoms with Crippen LogP contribution >= 0.6 is 27.3 Å². The molecule has 7 nitrogen and oxygen atoms in total. The van der Waals surface area contributed by atoms with Crippen molar-refractivity contribution in [1.82, 2.24) is 4.57 Å². The Morgan fingerprint density at radius 3 is 2.57 bits per heavy atom. The summed E-state index contributed by atoms with van der Waals surface area (Å²) in [6.07, 6.45) is 3.18. The number of esters is 1. The Morgan fingerprint density at radius 2 is 1.80 bits per heavy atom. The largest absolute Gasteiger partial charge is 0.496 e. The van der Waals surface area contributed by atoms with Gasteiger partial charge in [-0.15, -0.1) is 0 Å². The van der Waals surface area contributed by atoms with Crippen LogP contribution in [0.1, 0.15) is 49.4 Å². The number of fused-ring (bicyclic) bond motifs is 2. The van der Waals surface area contributed by atoms with Gasteiger partial charge in [0.15, 0.2) is 4.80 Å². The maximum Gasteiger partial charge on any atom is 0.338 e. The van der Waals surface area contributed by atoms with Crippen LogP contribution in [0, 0.1) is 0 Å². The van der Waals surface area contributed by atoms with E-state index in [0.717, 1.165) is 27.8 Å². The molecule has 6 rings (SSSR count). The van der Waals surface area contributed by atoms with E-state index >= 15 is 0 Å². The summed E-state index contributed by atoms with van der Waals surface area (Å²) in [4.78, 5) is 33.0. The van der Waals surface area contributed by atoms with Crippen LogP contribution in [0.4, 0.5) is 0 Å². The first-order valence-corrected chi connectivity index (χ1v) is 16.8. The first-order valence-electron chi connectivity index (χ1n) is 15.2. The number of hydrogen-bond acceptors (Lipinski definition) is 7. The zero-order valence-electron chi connectivity index (χ0n) is 25.8. The molecule has 4 aromatic carbocycles. The lowest BCUT2D eigenvalue weighted by molar-refractivity contribution is -0.139. The van der Waals surface area contributed by atoms with E-state index in [4.69, 9.17) is 19.2 Å². The van der Waals surface area contributed by atoms with Gasteiger partial charge in [-0.1, -0.05) is 95.2 Å². The highest BCUT2D eigenvalue weighted by Gasteiger charge is 2.36. The molecule has 5 aromatic rings. The number of hydrogen-bond donors (Lipinski definition) is 0. The number of halogens is 1. The summed E-state index contributed by atoms with van der Waals surface area (Å²) < 4.78 is 20.2. The van der Waals surface area contributed by atoms with Gasteiger partial charge in [-0.05, 0) is 71.7 Å². The van der Waals surface area contributed by atoms with Gasteiger partial charge < -0.3 is 14.2 Å². The normalized spacial score (nSPS) is 14.6. The number of ether oxygens (including phenoxy) is 3. The molecule has 46 heavy (non-hydrogen) atoms. The topological polar surface area (TPSA) is 79.1 Å². The highest BCUT2D eigenvalue weighted by molar-refractivity contribution is 9.10. The van der Waals surface area contributed by atoms with E-state index in [9.17, 15) is 9.59 Å². The monoisotopic (exact) mass is 696 g/mol. The number of nitrogens with zero attached hydrogens (tertiary/aromatic N) is 2. The van der Waals surface area contributed by atoms with Gasteiger partial charge in [-0.2, -0.15) is 0 Å². The molecule has 0 saturated carbocycles. The maximum absolute atomic E-state index is 14.1. The average Bonchev–Trinajstić information content (AvgIpc) is 3.37. The fourth-order valence-electron chi connectivity index (χ4n) is 5.73. The lowest BCUT2D eigenvalue weighted by Gasteiger charge is -2.27. The van der Waals surface area contributed by atoms with Crippen molar-refractivity contribution in [1.29, 1.82) is 0 Å². The summed E-state index contributed by atoms with van der Waals surface area (Å²) in [5.74, 6) is 0.799. The Hall–Kier alpha value is -4.47. The Labute approximate surface area is 279 Å². The minimum absolute atomic E-state index is 0.205. The molecule has 0 fully saturated rings. The number of benzene rings is 4. The zero-order chi connectivity index (χ0) is 32.2. The van der Waals surface area contributed by atoms with Crippen molar-refractivity contribution in [3.8, 4) is 11.5 Å². The van der Waals surface area contributed by atoms with Gasteiger partial charge >= 0.3 is 5.97 Å². The fourth-order valence-corrected chi connectivity index (χ4v) is 7.12. The predicted molar refractivity (Wildman–Crippen MR) is 185 cm³/mol. The van der Waals surface area contributed by atoms with E-state index in [1.54, 1.807) is 18.6 Å². The molecule has 1 aliphatic rings.